The zero-order valence-electron chi connectivity index (χ0n) is 31.8. The number of hydrogen-bond donors (Lipinski definition) is 0. The van der Waals surface area contributed by atoms with Crippen molar-refractivity contribution in [2.45, 2.75) is 61.5 Å². The highest BCUT2D eigenvalue weighted by Crippen LogP contribution is 2.34. The van der Waals surface area contributed by atoms with E-state index in [1.165, 1.54) is 57.7 Å². The maximum atomic E-state index is 15.3. The first-order chi connectivity index (χ1) is 28.2. The van der Waals surface area contributed by atoms with Crippen LogP contribution in [0.4, 0.5) is 4.39 Å². The minimum Gasteiger partial charge on any atom is -0.459 e. The maximum Gasteiger partial charge on any atom is 0.338 e. The second kappa shape index (κ2) is 20.2. The Morgan fingerprint density at radius 1 is 0.466 bits per heavy atom. The molecular formula is C43H43FO14. The van der Waals surface area contributed by atoms with Gasteiger partial charge >= 0.3 is 23.9 Å². The number of rotatable bonds is 15. The van der Waals surface area contributed by atoms with Gasteiger partial charge in [0.2, 0.25) is 6.36 Å². The summed E-state index contributed by atoms with van der Waals surface area (Å²) < 4.78 is 73.9. The molecule has 2 fully saturated rings. The van der Waals surface area contributed by atoms with E-state index >= 15 is 4.39 Å². The molecule has 4 aromatic carbocycles. The lowest BCUT2D eigenvalue weighted by Gasteiger charge is -2.45. The molecule has 0 N–H and O–H groups in total. The molecule has 306 valence electrons. The number of carbonyl (C=O) groups is 4. The minimum atomic E-state index is -1.96. The van der Waals surface area contributed by atoms with E-state index in [1.54, 1.807) is 84.9 Å². The molecule has 15 heteroatoms. The largest absolute Gasteiger partial charge is 0.459 e. The van der Waals surface area contributed by atoms with Crippen molar-refractivity contribution < 1.29 is 70.9 Å². The van der Waals surface area contributed by atoms with Crippen LogP contribution in [0.15, 0.2) is 121 Å². The number of esters is 4. The molecule has 2 aliphatic heterocycles. The first-order valence-electron chi connectivity index (χ1n) is 18.4. The van der Waals surface area contributed by atoms with Crippen LogP contribution in [0.3, 0.4) is 0 Å². The standard InChI is InChI=1S/C43H43FO14/c1-49-32-30(54-38(44)36(51-3)34(32)50-2)25-53-43-37(58-42(48)29-22-14-7-15-23-29)35(57-41(47)28-20-12-6-13-21-28)33(56-40(46)27-18-10-5-11-19-27)31(55-43)24-52-39(45)26-16-8-4-9-17-26/h4-23,30-38,43H,24-25H2,1-3H3/t30-,31-,32-,33-,34+,35+,36+,37+,38+,43+/m1/s1. The van der Waals surface area contributed by atoms with Crippen molar-refractivity contribution in [3.63, 3.8) is 0 Å². The molecule has 0 radical (unpaired) electrons. The van der Waals surface area contributed by atoms with Gasteiger partial charge in [-0.1, -0.05) is 72.8 Å². The van der Waals surface area contributed by atoms with E-state index in [0.29, 0.717) is 0 Å². The lowest BCUT2D eigenvalue weighted by Crippen LogP contribution is -2.64. The van der Waals surface area contributed by atoms with E-state index in [2.05, 4.69) is 0 Å². The Morgan fingerprint density at radius 2 is 0.862 bits per heavy atom. The van der Waals surface area contributed by atoms with Gasteiger partial charge in [-0.3, -0.25) is 0 Å². The highest BCUT2D eigenvalue weighted by Gasteiger charge is 2.55. The third kappa shape index (κ3) is 10.1. The predicted molar refractivity (Wildman–Crippen MR) is 200 cm³/mol. The molecule has 4 aromatic rings. The van der Waals surface area contributed by atoms with Gasteiger partial charge in [0, 0.05) is 21.3 Å². The molecule has 0 bridgehead atoms. The van der Waals surface area contributed by atoms with E-state index < -0.39 is 98.6 Å². The lowest BCUT2D eigenvalue weighted by atomic mass is 9.97. The molecule has 0 aliphatic carbocycles. The summed E-state index contributed by atoms with van der Waals surface area (Å²) in [6.07, 6.45) is -14.0. The topological polar surface area (TPSA) is 161 Å². The average Bonchev–Trinajstić information content (AvgIpc) is 3.27. The summed E-state index contributed by atoms with van der Waals surface area (Å²) in [4.78, 5) is 54.6. The maximum absolute atomic E-state index is 15.3. The number of halogens is 1. The van der Waals surface area contributed by atoms with Crippen molar-refractivity contribution in [3.8, 4) is 0 Å². The number of alkyl halides is 1. The smallest absolute Gasteiger partial charge is 0.338 e. The highest BCUT2D eigenvalue weighted by atomic mass is 19.1. The van der Waals surface area contributed by atoms with Crippen LogP contribution in [0.2, 0.25) is 0 Å². The summed E-state index contributed by atoms with van der Waals surface area (Å²) in [5, 5.41) is 0. The van der Waals surface area contributed by atoms with Gasteiger partial charge in [0.15, 0.2) is 24.6 Å². The van der Waals surface area contributed by atoms with E-state index in [9.17, 15) is 19.2 Å². The molecule has 2 saturated heterocycles. The SMILES string of the molecule is CO[C@@H]1[C@H](OC)[C@@H](F)O[C@H](CO[C@H]2O[C@H](COC(=O)c3ccccc3)[C@@H](OC(=O)c3ccccc3)[C@H](OC(=O)c3ccccc3)[C@@H]2OC(=O)c2ccccc2)[C@H]1OC. The van der Waals surface area contributed by atoms with Crippen molar-refractivity contribution in [1.82, 2.24) is 0 Å². The Labute approximate surface area is 333 Å². The van der Waals surface area contributed by atoms with Gasteiger partial charge in [-0.15, -0.1) is 0 Å². The van der Waals surface area contributed by atoms with Crippen LogP contribution in [0.5, 0.6) is 0 Å². The van der Waals surface area contributed by atoms with E-state index in [4.69, 9.17) is 47.4 Å². The number of benzene rings is 4. The Bertz CT molecular complexity index is 1940. The first kappa shape index (κ1) is 42.1. The molecule has 0 amide bonds. The predicted octanol–water partition coefficient (Wildman–Crippen LogP) is 5.00. The molecule has 0 spiro atoms. The Balaban J connectivity index is 1.40. The normalized spacial score (nSPS) is 26.8. The van der Waals surface area contributed by atoms with E-state index in [-0.39, 0.29) is 22.3 Å². The average molecular weight is 803 g/mol. The molecule has 10 atom stereocenters. The number of methoxy groups -OCH3 is 3. The van der Waals surface area contributed by atoms with E-state index in [1.807, 2.05) is 0 Å². The monoisotopic (exact) mass is 802 g/mol. The van der Waals surface area contributed by atoms with Crippen molar-refractivity contribution in [2.24, 2.45) is 0 Å². The molecule has 14 nitrogen and oxygen atoms in total. The molecule has 0 unspecified atom stereocenters. The van der Waals surface area contributed by atoms with Gasteiger partial charge in [-0.2, -0.15) is 0 Å². The third-order valence-electron chi connectivity index (χ3n) is 9.56. The summed E-state index contributed by atoms with van der Waals surface area (Å²) in [7, 11) is 4.05. The Morgan fingerprint density at radius 3 is 1.31 bits per heavy atom. The molecular weight excluding hydrogens is 759 g/mol. The van der Waals surface area contributed by atoms with Crippen LogP contribution >= 0.6 is 0 Å². The first-order valence-corrected chi connectivity index (χ1v) is 18.4. The quantitative estimate of drug-likeness (QED) is 0.117. The van der Waals surface area contributed by atoms with Crippen molar-refractivity contribution in [1.29, 1.82) is 0 Å². The Hall–Kier alpha value is -5.55. The second-order valence-corrected chi connectivity index (χ2v) is 13.2. The zero-order chi connectivity index (χ0) is 41.0. The Kier molecular flexibility index (Phi) is 14.7. The summed E-state index contributed by atoms with van der Waals surface area (Å²) in [6, 6.07) is 32.0. The molecule has 2 aliphatic rings. The van der Waals surface area contributed by atoms with Crippen molar-refractivity contribution in [2.75, 3.05) is 34.5 Å². The van der Waals surface area contributed by atoms with Crippen LogP contribution in [0, 0.1) is 0 Å². The van der Waals surface area contributed by atoms with Crippen molar-refractivity contribution in [3.05, 3.63) is 144 Å². The van der Waals surface area contributed by atoms with Crippen LogP contribution in [-0.2, 0) is 47.4 Å². The number of ether oxygens (including phenoxy) is 10. The van der Waals surface area contributed by atoms with E-state index in [0.717, 1.165) is 0 Å². The van der Waals surface area contributed by atoms with Gasteiger partial charge in [-0.25, -0.2) is 23.6 Å². The molecule has 0 aromatic heterocycles. The fraction of sp³-hybridized carbons (Fsp3) is 0.349. The van der Waals surface area contributed by atoms with Gasteiger partial charge in [0.25, 0.3) is 0 Å². The summed E-state index contributed by atoms with van der Waals surface area (Å²) in [5.41, 5.74) is 0.587. The summed E-state index contributed by atoms with van der Waals surface area (Å²) >= 11 is 0. The lowest BCUT2D eigenvalue weighted by molar-refractivity contribution is -0.321. The van der Waals surface area contributed by atoms with Crippen LogP contribution < -0.4 is 0 Å². The fourth-order valence-electron chi connectivity index (χ4n) is 6.65. The summed E-state index contributed by atoms with van der Waals surface area (Å²) in [6.45, 7) is -1.02. The second-order valence-electron chi connectivity index (χ2n) is 13.2. The number of hydrogen-bond acceptors (Lipinski definition) is 14. The fourth-order valence-corrected chi connectivity index (χ4v) is 6.65. The minimum absolute atomic E-state index is 0.116. The summed E-state index contributed by atoms with van der Waals surface area (Å²) in [5.74, 6) is -3.35. The van der Waals surface area contributed by atoms with Crippen molar-refractivity contribution >= 4 is 23.9 Å². The zero-order valence-corrected chi connectivity index (χ0v) is 31.8. The van der Waals surface area contributed by atoms with Crippen LogP contribution in [-0.4, -0.2) is 120 Å². The molecule has 58 heavy (non-hydrogen) atoms. The van der Waals surface area contributed by atoms with Gasteiger partial charge in [0.1, 0.15) is 37.1 Å². The highest BCUT2D eigenvalue weighted by molar-refractivity contribution is 5.91. The van der Waals surface area contributed by atoms with Gasteiger partial charge in [0.05, 0.1) is 28.9 Å². The molecule has 6 rings (SSSR count). The number of carbonyl (C=O) groups excluding carboxylic acids is 4. The van der Waals surface area contributed by atoms with Crippen LogP contribution in [0.25, 0.3) is 0 Å². The van der Waals surface area contributed by atoms with Crippen LogP contribution in [0.1, 0.15) is 41.4 Å². The van der Waals surface area contributed by atoms with Gasteiger partial charge in [-0.05, 0) is 48.5 Å². The van der Waals surface area contributed by atoms with Gasteiger partial charge < -0.3 is 47.4 Å². The third-order valence-corrected chi connectivity index (χ3v) is 9.56. The molecule has 2 heterocycles. The molecule has 0 saturated carbocycles.